The minimum absolute atomic E-state index is 0.313. The maximum absolute atomic E-state index is 10.1. The summed E-state index contributed by atoms with van der Waals surface area (Å²) in [6.07, 6.45) is 5.22. The van der Waals surface area contributed by atoms with Crippen molar-refractivity contribution in [3.63, 3.8) is 0 Å². The Bertz CT molecular complexity index is 181. The zero-order valence-electron chi connectivity index (χ0n) is 10.7. The van der Waals surface area contributed by atoms with Crippen LogP contribution in [0.4, 0.5) is 0 Å². The Kier molecular flexibility index (Phi) is 4.60. The van der Waals surface area contributed by atoms with Gasteiger partial charge in [0.2, 0.25) is 0 Å². The second-order valence-corrected chi connectivity index (χ2v) is 5.85. The van der Waals surface area contributed by atoms with Crippen LogP contribution >= 0.6 is 0 Å². The van der Waals surface area contributed by atoms with Crippen LogP contribution in [-0.2, 0) is 0 Å². The van der Waals surface area contributed by atoms with Gasteiger partial charge in [0.1, 0.15) is 0 Å². The van der Waals surface area contributed by atoms with Gasteiger partial charge >= 0.3 is 0 Å². The minimum atomic E-state index is -0.566. The summed E-state index contributed by atoms with van der Waals surface area (Å²) in [6, 6.07) is 0.631. The second kappa shape index (κ2) is 5.31. The van der Waals surface area contributed by atoms with Crippen molar-refractivity contribution in [2.24, 2.45) is 11.8 Å². The van der Waals surface area contributed by atoms with Crippen LogP contribution in [0.3, 0.4) is 0 Å². The molecule has 0 amide bonds. The van der Waals surface area contributed by atoms with E-state index in [-0.39, 0.29) is 0 Å². The smallest absolute Gasteiger partial charge is 0.0766 e. The highest BCUT2D eigenvalue weighted by atomic mass is 16.3. The van der Waals surface area contributed by atoms with Crippen molar-refractivity contribution in [3.05, 3.63) is 0 Å². The molecule has 15 heavy (non-hydrogen) atoms. The Hall–Kier alpha value is -0.0800. The van der Waals surface area contributed by atoms with Gasteiger partial charge in [0.25, 0.3) is 0 Å². The average molecular weight is 213 g/mol. The van der Waals surface area contributed by atoms with Gasteiger partial charge in [0, 0.05) is 12.6 Å². The third-order valence-electron chi connectivity index (χ3n) is 4.01. The van der Waals surface area contributed by atoms with Crippen molar-refractivity contribution >= 4 is 0 Å². The molecule has 0 aliphatic heterocycles. The Morgan fingerprint density at radius 1 is 1.27 bits per heavy atom. The largest absolute Gasteiger partial charge is 0.389 e. The molecule has 1 atom stereocenters. The molecule has 0 bridgehead atoms. The van der Waals surface area contributed by atoms with Gasteiger partial charge in [-0.1, -0.05) is 20.8 Å². The lowest BCUT2D eigenvalue weighted by molar-refractivity contribution is 0.0104. The fraction of sp³-hybridized carbons (Fsp3) is 1.00. The van der Waals surface area contributed by atoms with Gasteiger partial charge in [-0.25, -0.2) is 0 Å². The minimum Gasteiger partial charge on any atom is -0.389 e. The van der Waals surface area contributed by atoms with Gasteiger partial charge in [-0.05, 0) is 44.4 Å². The Morgan fingerprint density at radius 2 is 1.80 bits per heavy atom. The monoisotopic (exact) mass is 213 g/mol. The fourth-order valence-corrected chi connectivity index (χ4v) is 2.02. The molecule has 1 aliphatic rings. The molecule has 0 heterocycles. The van der Waals surface area contributed by atoms with Crippen molar-refractivity contribution in [1.29, 1.82) is 0 Å². The van der Waals surface area contributed by atoms with E-state index in [4.69, 9.17) is 0 Å². The highest BCUT2D eigenvalue weighted by molar-refractivity contribution is 4.83. The molecule has 0 aromatic rings. The SMILES string of the molecule is CC1CCC(NCC(C)(O)C(C)C)CC1. The van der Waals surface area contributed by atoms with Crippen LogP contribution in [0.5, 0.6) is 0 Å². The van der Waals surface area contributed by atoms with Gasteiger partial charge in [0.15, 0.2) is 0 Å². The maximum atomic E-state index is 10.1. The fourth-order valence-electron chi connectivity index (χ4n) is 2.02. The molecule has 1 unspecified atom stereocenters. The van der Waals surface area contributed by atoms with Crippen molar-refractivity contribution in [3.8, 4) is 0 Å². The summed E-state index contributed by atoms with van der Waals surface area (Å²) in [7, 11) is 0. The number of hydrogen-bond acceptors (Lipinski definition) is 2. The molecule has 2 heteroatoms. The summed E-state index contributed by atoms with van der Waals surface area (Å²) in [5, 5.41) is 13.6. The highest BCUT2D eigenvalue weighted by Gasteiger charge is 2.26. The van der Waals surface area contributed by atoms with Crippen LogP contribution in [0, 0.1) is 11.8 Å². The van der Waals surface area contributed by atoms with E-state index in [1.165, 1.54) is 25.7 Å². The molecule has 1 rings (SSSR count). The third-order valence-corrected chi connectivity index (χ3v) is 4.01. The summed E-state index contributed by atoms with van der Waals surface area (Å²) in [4.78, 5) is 0. The van der Waals surface area contributed by atoms with Crippen molar-refractivity contribution in [2.75, 3.05) is 6.54 Å². The first-order valence-electron chi connectivity index (χ1n) is 6.37. The van der Waals surface area contributed by atoms with E-state index >= 15 is 0 Å². The first kappa shape index (κ1) is 13.0. The van der Waals surface area contributed by atoms with Crippen LogP contribution < -0.4 is 5.32 Å². The number of hydrogen-bond donors (Lipinski definition) is 2. The molecule has 2 nitrogen and oxygen atoms in total. The summed E-state index contributed by atoms with van der Waals surface area (Å²) in [5.41, 5.74) is -0.566. The third kappa shape index (κ3) is 4.12. The lowest BCUT2D eigenvalue weighted by Crippen LogP contribution is -2.46. The van der Waals surface area contributed by atoms with E-state index in [9.17, 15) is 5.11 Å². The molecule has 0 radical (unpaired) electrons. The summed E-state index contributed by atoms with van der Waals surface area (Å²) < 4.78 is 0. The highest BCUT2D eigenvalue weighted by Crippen LogP contribution is 2.24. The molecule has 1 aliphatic carbocycles. The lowest BCUT2D eigenvalue weighted by Gasteiger charge is -2.33. The Balaban J connectivity index is 2.25. The summed E-state index contributed by atoms with van der Waals surface area (Å²) in [5.74, 6) is 1.21. The molecule has 0 aromatic heterocycles. The van der Waals surface area contributed by atoms with E-state index in [2.05, 4.69) is 26.1 Å². The van der Waals surface area contributed by atoms with E-state index in [0.29, 0.717) is 12.0 Å². The van der Waals surface area contributed by atoms with Crippen molar-refractivity contribution in [1.82, 2.24) is 5.32 Å². The molecule has 2 N–H and O–H groups in total. The number of rotatable bonds is 4. The molecule has 0 spiro atoms. The van der Waals surface area contributed by atoms with E-state index < -0.39 is 5.60 Å². The van der Waals surface area contributed by atoms with Crippen LogP contribution in [-0.4, -0.2) is 23.3 Å². The topological polar surface area (TPSA) is 32.3 Å². The lowest BCUT2D eigenvalue weighted by atomic mass is 9.86. The van der Waals surface area contributed by atoms with Crippen LogP contribution in [0.2, 0.25) is 0 Å². The number of aliphatic hydroxyl groups is 1. The normalized spacial score (nSPS) is 31.6. The van der Waals surface area contributed by atoms with E-state index in [1.807, 2.05) is 6.92 Å². The van der Waals surface area contributed by atoms with Crippen molar-refractivity contribution < 1.29 is 5.11 Å². The van der Waals surface area contributed by atoms with Crippen LogP contribution in [0.15, 0.2) is 0 Å². The molecular weight excluding hydrogens is 186 g/mol. The summed E-state index contributed by atoms with van der Waals surface area (Å²) >= 11 is 0. The van der Waals surface area contributed by atoms with Gasteiger partial charge in [-0.15, -0.1) is 0 Å². The second-order valence-electron chi connectivity index (χ2n) is 5.85. The zero-order valence-corrected chi connectivity index (χ0v) is 10.7. The summed E-state index contributed by atoms with van der Waals surface area (Å²) in [6.45, 7) is 9.13. The van der Waals surface area contributed by atoms with Gasteiger partial charge in [-0.3, -0.25) is 0 Å². The van der Waals surface area contributed by atoms with Crippen molar-refractivity contribution in [2.45, 2.75) is 65.0 Å². The van der Waals surface area contributed by atoms with Crippen LogP contribution in [0.25, 0.3) is 0 Å². The Labute approximate surface area is 94.5 Å². The predicted molar refractivity (Wildman–Crippen MR) is 64.9 cm³/mol. The first-order chi connectivity index (χ1) is 6.92. The Morgan fingerprint density at radius 3 is 2.27 bits per heavy atom. The molecule has 1 saturated carbocycles. The predicted octanol–water partition coefficient (Wildman–Crippen LogP) is 2.56. The average Bonchev–Trinajstić information content (AvgIpc) is 2.17. The molecular formula is C13H27NO. The van der Waals surface area contributed by atoms with E-state index in [1.54, 1.807) is 0 Å². The quantitative estimate of drug-likeness (QED) is 0.752. The molecule has 0 saturated heterocycles. The van der Waals surface area contributed by atoms with E-state index in [0.717, 1.165) is 12.5 Å². The zero-order chi connectivity index (χ0) is 11.5. The van der Waals surface area contributed by atoms with Gasteiger partial charge in [0.05, 0.1) is 5.60 Å². The van der Waals surface area contributed by atoms with Crippen LogP contribution in [0.1, 0.15) is 53.4 Å². The van der Waals surface area contributed by atoms with Gasteiger partial charge in [-0.2, -0.15) is 0 Å². The number of nitrogens with one attached hydrogen (secondary N) is 1. The first-order valence-corrected chi connectivity index (χ1v) is 6.37. The van der Waals surface area contributed by atoms with Gasteiger partial charge < -0.3 is 10.4 Å². The standard InChI is InChI=1S/C13H27NO/c1-10(2)13(4,15)9-14-12-7-5-11(3)6-8-12/h10-12,14-15H,5-9H2,1-4H3. The molecule has 1 fully saturated rings. The molecule has 0 aromatic carbocycles. The maximum Gasteiger partial charge on any atom is 0.0766 e. The molecule has 90 valence electrons.